The smallest absolute Gasteiger partial charge is 0.264 e. The second kappa shape index (κ2) is 10.1. The summed E-state index contributed by atoms with van der Waals surface area (Å²) in [6, 6.07) is 24.5. The third kappa shape index (κ3) is 5.07. The lowest BCUT2D eigenvalue weighted by molar-refractivity contribution is -0.118. The van der Waals surface area contributed by atoms with E-state index in [1.165, 1.54) is 0 Å². The Kier molecular flexibility index (Phi) is 6.54. The number of amides is 1. The van der Waals surface area contributed by atoms with Crippen LogP contribution in [0.4, 0.5) is 11.9 Å². The van der Waals surface area contributed by atoms with E-state index in [0.29, 0.717) is 23.1 Å². The second-order valence-corrected chi connectivity index (χ2v) is 8.50. The zero-order valence-electron chi connectivity index (χ0n) is 19.0. The van der Waals surface area contributed by atoms with Gasteiger partial charge in [-0.3, -0.25) is 10.1 Å². The van der Waals surface area contributed by atoms with E-state index in [1.54, 1.807) is 23.9 Å². The van der Waals surface area contributed by atoms with Crippen LogP contribution >= 0.6 is 11.6 Å². The fourth-order valence-electron chi connectivity index (χ4n) is 4.12. The lowest BCUT2D eigenvalue weighted by Gasteiger charge is -2.32. The summed E-state index contributed by atoms with van der Waals surface area (Å²) in [5, 5.41) is 11.4. The van der Waals surface area contributed by atoms with Gasteiger partial charge >= 0.3 is 0 Å². The number of halogens is 1. The van der Waals surface area contributed by atoms with E-state index in [9.17, 15) is 4.79 Å². The van der Waals surface area contributed by atoms with Gasteiger partial charge in [-0.05, 0) is 47.9 Å². The molecule has 0 fully saturated rings. The summed E-state index contributed by atoms with van der Waals surface area (Å²) >= 11 is 6.56. The van der Waals surface area contributed by atoms with Crippen LogP contribution in [0.15, 0.2) is 78.9 Å². The van der Waals surface area contributed by atoms with Gasteiger partial charge < -0.3 is 14.8 Å². The highest BCUT2D eigenvalue weighted by molar-refractivity contribution is 6.31. The lowest BCUT2D eigenvalue weighted by atomic mass is 9.93. The highest BCUT2D eigenvalue weighted by Crippen LogP contribution is 2.40. The fourth-order valence-corrected chi connectivity index (χ4v) is 4.38. The first-order valence-corrected chi connectivity index (χ1v) is 11.6. The van der Waals surface area contributed by atoms with Crippen LogP contribution in [0.5, 0.6) is 11.5 Å². The molecular formula is C26H24ClN5O3. The van der Waals surface area contributed by atoms with E-state index < -0.39 is 0 Å². The van der Waals surface area contributed by atoms with Crippen LogP contribution in [0.2, 0.25) is 5.02 Å². The molecule has 3 aromatic carbocycles. The molecule has 1 aliphatic rings. The van der Waals surface area contributed by atoms with Crippen molar-refractivity contribution in [2.45, 2.75) is 18.5 Å². The van der Waals surface area contributed by atoms with Gasteiger partial charge in [0.05, 0.1) is 19.2 Å². The van der Waals surface area contributed by atoms with E-state index in [1.807, 2.05) is 66.7 Å². The SMILES string of the molecule is COc1ccc([C@@H]2C[C@H](c3ccccc3Cl)n3nc(NC(=O)COc4ccccc4)nc3N2)cc1. The predicted molar refractivity (Wildman–Crippen MR) is 134 cm³/mol. The molecule has 2 heterocycles. The number of anilines is 2. The number of ether oxygens (including phenoxy) is 2. The van der Waals surface area contributed by atoms with Crippen LogP contribution < -0.4 is 20.1 Å². The van der Waals surface area contributed by atoms with Crippen LogP contribution in [-0.2, 0) is 4.79 Å². The molecular weight excluding hydrogens is 466 g/mol. The summed E-state index contributed by atoms with van der Waals surface area (Å²) in [5.41, 5.74) is 2.02. The highest BCUT2D eigenvalue weighted by atomic mass is 35.5. The molecule has 0 aliphatic carbocycles. The van der Waals surface area contributed by atoms with Crippen molar-refractivity contribution in [2.75, 3.05) is 24.4 Å². The number of rotatable bonds is 7. The van der Waals surface area contributed by atoms with Gasteiger partial charge in [0, 0.05) is 5.02 Å². The Bertz CT molecular complexity index is 1310. The van der Waals surface area contributed by atoms with Crippen molar-refractivity contribution in [3.8, 4) is 11.5 Å². The van der Waals surface area contributed by atoms with Crippen molar-refractivity contribution >= 4 is 29.4 Å². The third-order valence-corrected chi connectivity index (χ3v) is 6.18. The molecule has 0 spiro atoms. The van der Waals surface area contributed by atoms with Crippen LogP contribution in [0.3, 0.4) is 0 Å². The molecule has 0 bridgehead atoms. The van der Waals surface area contributed by atoms with Crippen molar-refractivity contribution in [1.29, 1.82) is 0 Å². The number of nitrogens with zero attached hydrogens (tertiary/aromatic N) is 3. The van der Waals surface area contributed by atoms with Crippen molar-refractivity contribution in [3.63, 3.8) is 0 Å². The molecule has 0 saturated heterocycles. The first-order chi connectivity index (χ1) is 17.1. The van der Waals surface area contributed by atoms with Crippen LogP contribution in [0.1, 0.15) is 29.6 Å². The molecule has 5 rings (SSSR count). The summed E-state index contributed by atoms with van der Waals surface area (Å²) in [4.78, 5) is 17.0. The third-order valence-electron chi connectivity index (χ3n) is 5.84. The van der Waals surface area contributed by atoms with Crippen LogP contribution in [0.25, 0.3) is 0 Å². The highest BCUT2D eigenvalue weighted by Gasteiger charge is 2.32. The monoisotopic (exact) mass is 489 g/mol. The van der Waals surface area contributed by atoms with Gasteiger partial charge in [-0.1, -0.05) is 60.1 Å². The summed E-state index contributed by atoms with van der Waals surface area (Å²) < 4.78 is 12.6. The number of aromatic nitrogens is 3. The van der Waals surface area contributed by atoms with E-state index in [2.05, 4.69) is 20.7 Å². The Morgan fingerprint density at radius 3 is 2.54 bits per heavy atom. The van der Waals surface area contributed by atoms with Crippen molar-refractivity contribution in [1.82, 2.24) is 14.8 Å². The quantitative estimate of drug-likeness (QED) is 0.375. The average Bonchev–Trinajstić information content (AvgIpc) is 3.30. The number of benzene rings is 3. The Balaban J connectivity index is 1.39. The molecule has 2 atom stereocenters. The second-order valence-electron chi connectivity index (χ2n) is 8.10. The zero-order chi connectivity index (χ0) is 24.2. The largest absolute Gasteiger partial charge is 0.497 e. The predicted octanol–water partition coefficient (Wildman–Crippen LogP) is 5.10. The maximum atomic E-state index is 12.5. The molecule has 1 aliphatic heterocycles. The maximum Gasteiger partial charge on any atom is 0.264 e. The molecule has 9 heteroatoms. The number of carbonyl (C=O) groups is 1. The molecule has 35 heavy (non-hydrogen) atoms. The van der Waals surface area contributed by atoms with Crippen LogP contribution in [0, 0.1) is 0 Å². The molecule has 0 unspecified atom stereocenters. The van der Waals surface area contributed by atoms with E-state index in [4.69, 9.17) is 21.1 Å². The normalized spacial score (nSPS) is 16.6. The average molecular weight is 490 g/mol. The summed E-state index contributed by atoms with van der Waals surface area (Å²) in [6.07, 6.45) is 0.691. The molecule has 1 amide bonds. The number of para-hydroxylation sites is 1. The number of nitrogens with one attached hydrogen (secondary N) is 2. The number of fused-ring (bicyclic) bond motifs is 1. The summed E-state index contributed by atoms with van der Waals surface area (Å²) in [7, 11) is 1.64. The Morgan fingerprint density at radius 2 is 1.80 bits per heavy atom. The first-order valence-electron chi connectivity index (χ1n) is 11.2. The zero-order valence-corrected chi connectivity index (χ0v) is 19.8. The summed E-state index contributed by atoms with van der Waals surface area (Å²) in [6.45, 7) is -0.149. The van der Waals surface area contributed by atoms with E-state index >= 15 is 0 Å². The topological polar surface area (TPSA) is 90.3 Å². The fraction of sp³-hybridized carbons (Fsp3) is 0.192. The number of methoxy groups -OCH3 is 1. The van der Waals surface area contributed by atoms with Gasteiger partial charge in [-0.15, -0.1) is 5.10 Å². The van der Waals surface area contributed by atoms with Crippen LogP contribution in [-0.4, -0.2) is 34.4 Å². The maximum absolute atomic E-state index is 12.5. The van der Waals surface area contributed by atoms with Gasteiger partial charge in [-0.2, -0.15) is 4.98 Å². The molecule has 8 nitrogen and oxygen atoms in total. The number of carbonyl (C=O) groups excluding carboxylic acids is 1. The lowest BCUT2D eigenvalue weighted by Crippen LogP contribution is -2.28. The Morgan fingerprint density at radius 1 is 1.06 bits per heavy atom. The Labute approximate surface area is 207 Å². The molecule has 178 valence electrons. The number of hydrogen-bond donors (Lipinski definition) is 2. The molecule has 1 aromatic heterocycles. The van der Waals surface area contributed by atoms with Gasteiger partial charge in [-0.25, -0.2) is 4.68 Å². The standard InChI is InChI=1S/C26H24ClN5O3/c1-34-18-13-11-17(12-14-18)22-15-23(20-9-5-6-10-21(20)27)32-26(28-22)30-25(31-32)29-24(33)16-35-19-7-3-2-4-8-19/h2-14,22-23H,15-16H2,1H3,(H2,28,29,30,31,33)/t22-,23+/m0/s1. The Hall–Kier alpha value is -4.04. The molecule has 0 saturated carbocycles. The van der Waals surface area contributed by atoms with E-state index in [-0.39, 0.29) is 30.5 Å². The van der Waals surface area contributed by atoms with Gasteiger partial charge in [0.25, 0.3) is 11.9 Å². The summed E-state index contributed by atoms with van der Waals surface area (Å²) in [5.74, 6) is 1.79. The van der Waals surface area contributed by atoms with Gasteiger partial charge in [0.2, 0.25) is 5.95 Å². The minimum atomic E-state index is -0.349. The first kappa shape index (κ1) is 22.7. The minimum absolute atomic E-state index is 0.0381. The van der Waals surface area contributed by atoms with Crippen molar-refractivity contribution < 1.29 is 14.3 Å². The molecule has 0 radical (unpaired) electrons. The molecule has 2 N–H and O–H groups in total. The minimum Gasteiger partial charge on any atom is -0.497 e. The van der Waals surface area contributed by atoms with Crippen molar-refractivity contribution in [2.24, 2.45) is 0 Å². The van der Waals surface area contributed by atoms with E-state index in [0.717, 1.165) is 16.9 Å². The van der Waals surface area contributed by atoms with Crippen molar-refractivity contribution in [3.05, 3.63) is 95.0 Å². The van der Waals surface area contributed by atoms with Gasteiger partial charge in [0.15, 0.2) is 6.61 Å². The van der Waals surface area contributed by atoms with Gasteiger partial charge in [0.1, 0.15) is 11.5 Å². The molecule has 4 aromatic rings. The number of hydrogen-bond acceptors (Lipinski definition) is 6.